The van der Waals surface area contributed by atoms with Gasteiger partial charge in [0.15, 0.2) is 0 Å². The molecule has 2 aliphatic carbocycles. The molecule has 270 valence electrons. The predicted octanol–water partition coefficient (Wildman–Crippen LogP) is 13.6. The monoisotopic (exact) mass is 739 g/mol. The molecule has 58 heavy (non-hydrogen) atoms. The number of rotatable bonds is 2. The van der Waals surface area contributed by atoms with Crippen LogP contribution in [-0.2, 0) is 10.8 Å². The lowest BCUT2D eigenvalue weighted by molar-refractivity contribution is 0.436. The Morgan fingerprint density at radius 3 is 1.88 bits per heavy atom. The molecule has 2 heterocycles. The molecule has 0 saturated carbocycles. The lowest BCUT2D eigenvalue weighted by atomic mass is 9.66. The second-order valence-corrected chi connectivity index (χ2v) is 16.2. The molecule has 12 rings (SSSR count). The molecule has 4 heteroatoms. The number of nitrogens with zero attached hydrogens (tertiary/aromatic N) is 3. The van der Waals surface area contributed by atoms with E-state index in [9.17, 15) is 5.26 Å². The summed E-state index contributed by atoms with van der Waals surface area (Å²) < 4.78 is 8.87. The second-order valence-electron chi connectivity index (χ2n) is 16.2. The van der Waals surface area contributed by atoms with Crippen LogP contribution in [0, 0.1) is 17.9 Å². The van der Waals surface area contributed by atoms with Crippen molar-refractivity contribution >= 4 is 27.5 Å². The molecule has 0 atom stereocenters. The number of nitriles is 1. The van der Waals surface area contributed by atoms with E-state index in [1.54, 1.807) is 0 Å². The maximum absolute atomic E-state index is 11.1. The van der Waals surface area contributed by atoms with Gasteiger partial charge >= 0.3 is 0 Å². The maximum Gasteiger partial charge on any atom is 0.219 e. The van der Waals surface area contributed by atoms with Crippen molar-refractivity contribution in [3.8, 4) is 56.6 Å². The lowest BCUT2D eigenvalue weighted by Crippen LogP contribution is -2.32. The molecule has 0 saturated heterocycles. The molecule has 1 aromatic heterocycles. The molecular weight excluding hydrogens is 707 g/mol. The molecular formula is C54H33N3O. The third kappa shape index (κ3) is 3.96. The van der Waals surface area contributed by atoms with Crippen LogP contribution in [0.3, 0.4) is 0 Å². The SMILES string of the molecule is [C-]#[N+]c1c2c(cc(C#N)c1-n1c3ccc(-c4ccccc4)cc3c3cc4c(cc31)C1(c3ccccc3Oc3ccccc31)c1ccccc1-4)C(C)(C)c1ccccc1-2. The molecule has 8 aromatic carbocycles. The molecule has 0 N–H and O–H groups in total. The summed E-state index contributed by atoms with van der Waals surface area (Å²) in [5, 5.41) is 13.2. The first kappa shape index (κ1) is 32.6. The Bertz CT molecular complexity index is 3330. The number of hydrogen-bond acceptors (Lipinski definition) is 2. The van der Waals surface area contributed by atoms with Gasteiger partial charge in [-0.15, -0.1) is 0 Å². The summed E-state index contributed by atoms with van der Waals surface area (Å²) in [6.07, 6.45) is 0. The molecule has 0 amide bonds. The zero-order valence-corrected chi connectivity index (χ0v) is 31.8. The lowest BCUT2D eigenvalue weighted by Gasteiger charge is -2.39. The van der Waals surface area contributed by atoms with Gasteiger partial charge in [0.1, 0.15) is 11.5 Å². The molecule has 1 spiro atoms. The Balaban J connectivity index is 1.27. The van der Waals surface area contributed by atoms with Gasteiger partial charge in [-0.25, -0.2) is 4.85 Å². The van der Waals surface area contributed by atoms with Gasteiger partial charge in [-0.2, -0.15) is 5.26 Å². The van der Waals surface area contributed by atoms with Gasteiger partial charge in [0.2, 0.25) is 5.69 Å². The summed E-state index contributed by atoms with van der Waals surface area (Å²) in [6.45, 7) is 13.3. The van der Waals surface area contributed by atoms with Crippen molar-refractivity contribution in [2.75, 3.05) is 0 Å². The molecule has 0 fully saturated rings. The van der Waals surface area contributed by atoms with Crippen LogP contribution in [-0.4, -0.2) is 4.57 Å². The van der Waals surface area contributed by atoms with E-state index in [1.165, 1.54) is 16.7 Å². The summed E-state index contributed by atoms with van der Waals surface area (Å²) in [6, 6.07) is 60.4. The Hall–Kier alpha value is -7.66. The van der Waals surface area contributed by atoms with Crippen LogP contribution < -0.4 is 4.74 Å². The highest BCUT2D eigenvalue weighted by Crippen LogP contribution is 2.63. The minimum Gasteiger partial charge on any atom is -0.457 e. The largest absolute Gasteiger partial charge is 0.457 e. The number of hydrogen-bond donors (Lipinski definition) is 0. The molecule has 9 aromatic rings. The van der Waals surface area contributed by atoms with Crippen LogP contribution >= 0.6 is 0 Å². The molecule has 0 bridgehead atoms. The van der Waals surface area contributed by atoms with Gasteiger partial charge in [0.05, 0.1) is 40.3 Å². The van der Waals surface area contributed by atoms with Gasteiger partial charge in [-0.3, -0.25) is 0 Å². The molecule has 1 aliphatic heterocycles. The number of fused-ring (bicyclic) bond motifs is 15. The fraction of sp³-hybridized carbons (Fsp3) is 0.0741. The van der Waals surface area contributed by atoms with Crippen LogP contribution in [0.5, 0.6) is 11.5 Å². The molecule has 4 nitrogen and oxygen atoms in total. The van der Waals surface area contributed by atoms with Crippen LogP contribution in [0.15, 0.2) is 164 Å². The number of aromatic nitrogens is 1. The quantitative estimate of drug-likeness (QED) is 0.166. The second kappa shape index (κ2) is 11.5. The summed E-state index contributed by atoms with van der Waals surface area (Å²) >= 11 is 0. The van der Waals surface area contributed by atoms with E-state index >= 15 is 0 Å². The minimum atomic E-state index is -0.677. The molecule has 0 radical (unpaired) electrons. The summed E-state index contributed by atoms with van der Waals surface area (Å²) in [5.74, 6) is 1.66. The van der Waals surface area contributed by atoms with E-state index in [-0.39, 0.29) is 5.41 Å². The van der Waals surface area contributed by atoms with Crippen LogP contribution in [0.2, 0.25) is 0 Å². The maximum atomic E-state index is 11.1. The van der Waals surface area contributed by atoms with Crippen molar-refractivity contribution in [3.05, 3.63) is 214 Å². The fourth-order valence-electron chi connectivity index (χ4n) is 10.7. The smallest absolute Gasteiger partial charge is 0.219 e. The van der Waals surface area contributed by atoms with Crippen LogP contribution in [0.1, 0.15) is 52.8 Å². The van der Waals surface area contributed by atoms with Crippen molar-refractivity contribution in [2.24, 2.45) is 0 Å². The summed E-state index contributed by atoms with van der Waals surface area (Å²) in [7, 11) is 0. The van der Waals surface area contributed by atoms with E-state index < -0.39 is 5.41 Å². The first-order chi connectivity index (χ1) is 28.4. The van der Waals surface area contributed by atoms with Crippen molar-refractivity contribution in [1.82, 2.24) is 4.57 Å². The zero-order chi connectivity index (χ0) is 38.9. The Kier molecular flexibility index (Phi) is 6.43. The van der Waals surface area contributed by atoms with Crippen LogP contribution in [0.4, 0.5) is 5.69 Å². The molecule has 3 aliphatic rings. The number of ether oxygens (including phenoxy) is 1. The fourth-order valence-corrected chi connectivity index (χ4v) is 10.7. The van der Waals surface area contributed by atoms with E-state index in [0.29, 0.717) is 16.9 Å². The first-order valence-electron chi connectivity index (χ1n) is 19.7. The number of benzene rings is 8. The van der Waals surface area contributed by atoms with Crippen molar-refractivity contribution in [1.29, 1.82) is 5.26 Å². The Morgan fingerprint density at radius 1 is 0.552 bits per heavy atom. The molecule has 0 unspecified atom stereocenters. The van der Waals surface area contributed by atoms with Crippen molar-refractivity contribution in [2.45, 2.75) is 24.7 Å². The van der Waals surface area contributed by atoms with Gasteiger partial charge in [-0.1, -0.05) is 135 Å². The zero-order valence-electron chi connectivity index (χ0n) is 31.8. The van der Waals surface area contributed by atoms with E-state index in [4.69, 9.17) is 11.3 Å². The van der Waals surface area contributed by atoms with Gasteiger partial charge in [0, 0.05) is 27.3 Å². The van der Waals surface area contributed by atoms with Crippen LogP contribution in [0.25, 0.3) is 65.7 Å². The minimum absolute atomic E-state index is 0.371. The van der Waals surface area contributed by atoms with Gasteiger partial charge in [-0.05, 0) is 98.1 Å². The highest BCUT2D eigenvalue weighted by Gasteiger charge is 2.51. The highest BCUT2D eigenvalue weighted by molar-refractivity contribution is 6.14. The number of para-hydroxylation sites is 2. The first-order valence-corrected chi connectivity index (χ1v) is 19.7. The average molecular weight is 740 g/mol. The van der Waals surface area contributed by atoms with E-state index in [2.05, 4.69) is 163 Å². The third-order valence-electron chi connectivity index (χ3n) is 13.1. The third-order valence-corrected chi connectivity index (χ3v) is 13.1. The van der Waals surface area contributed by atoms with Crippen molar-refractivity contribution < 1.29 is 4.74 Å². The predicted molar refractivity (Wildman–Crippen MR) is 232 cm³/mol. The normalized spacial score (nSPS) is 14.4. The Morgan fingerprint density at radius 2 is 1.17 bits per heavy atom. The standard InChI is InChI=1S/C54H33N3O/c1-53(2)40-19-9-8-18-36(40)50-45(53)28-34(31-55)52(51(50)56-3)57-46-26-25-33(32-15-5-4-6-16-32)27-38(46)39-29-37-35-17-7-10-20-41(35)54(44(37)30-47(39)57)42-21-11-13-23-48(42)58-49-24-14-12-22-43(49)54/h4-30H,1-2H3. The summed E-state index contributed by atoms with van der Waals surface area (Å²) in [4.78, 5) is 4.36. The topological polar surface area (TPSA) is 42.3 Å². The van der Waals surface area contributed by atoms with Crippen molar-refractivity contribution in [3.63, 3.8) is 0 Å². The summed E-state index contributed by atoms with van der Waals surface area (Å²) in [5.41, 5.74) is 15.7. The highest BCUT2D eigenvalue weighted by atomic mass is 16.5. The van der Waals surface area contributed by atoms with Gasteiger partial charge < -0.3 is 9.30 Å². The van der Waals surface area contributed by atoms with E-state index in [0.717, 1.165) is 83.4 Å². The van der Waals surface area contributed by atoms with E-state index in [1.807, 2.05) is 30.3 Å². The Labute approximate surface area is 336 Å². The average Bonchev–Trinajstić information content (AvgIpc) is 3.83. The van der Waals surface area contributed by atoms with Gasteiger partial charge in [0.25, 0.3) is 0 Å².